The molecule has 0 atom stereocenters. The van der Waals surface area contributed by atoms with E-state index < -0.39 is 5.91 Å². The standard InChI is InChI=1S/C16H23FN2OS/c1-21-16(7-3-2-4-8-16)11-19-10-13-9-12(15(18)20)5-6-14(13)17/h5-6,9,19H,2-4,7-8,10-11H2,1H3,(H2,18,20). The van der Waals surface area contributed by atoms with E-state index in [4.69, 9.17) is 5.73 Å². The molecule has 1 fully saturated rings. The number of primary amides is 1. The second-order valence-corrected chi connectivity index (χ2v) is 7.00. The van der Waals surface area contributed by atoms with Crippen LogP contribution in [0.15, 0.2) is 18.2 Å². The first-order valence-corrected chi connectivity index (χ1v) is 8.63. The van der Waals surface area contributed by atoms with Gasteiger partial charge in [0.25, 0.3) is 0 Å². The van der Waals surface area contributed by atoms with E-state index in [0.717, 1.165) is 6.54 Å². The summed E-state index contributed by atoms with van der Waals surface area (Å²) in [5.41, 5.74) is 6.09. The quantitative estimate of drug-likeness (QED) is 0.849. The van der Waals surface area contributed by atoms with Crippen LogP contribution in [0.2, 0.25) is 0 Å². The highest BCUT2D eigenvalue weighted by molar-refractivity contribution is 8.00. The zero-order chi connectivity index (χ0) is 15.3. The summed E-state index contributed by atoms with van der Waals surface area (Å²) in [6.45, 7) is 1.30. The third-order valence-electron chi connectivity index (χ3n) is 4.29. The van der Waals surface area contributed by atoms with Crippen molar-refractivity contribution in [3.8, 4) is 0 Å². The van der Waals surface area contributed by atoms with Crippen LogP contribution >= 0.6 is 11.8 Å². The van der Waals surface area contributed by atoms with Crippen LogP contribution in [-0.2, 0) is 6.54 Å². The Morgan fingerprint density at radius 3 is 2.71 bits per heavy atom. The molecule has 1 aliphatic carbocycles. The fourth-order valence-electron chi connectivity index (χ4n) is 2.94. The summed E-state index contributed by atoms with van der Waals surface area (Å²) in [4.78, 5) is 11.2. The van der Waals surface area contributed by atoms with Crippen molar-refractivity contribution >= 4 is 17.7 Å². The van der Waals surface area contributed by atoms with Crippen molar-refractivity contribution in [3.05, 3.63) is 35.1 Å². The molecule has 1 aromatic rings. The first kappa shape index (κ1) is 16.3. The van der Waals surface area contributed by atoms with Gasteiger partial charge in [0.05, 0.1) is 0 Å². The van der Waals surface area contributed by atoms with E-state index in [2.05, 4.69) is 11.6 Å². The average molecular weight is 310 g/mol. The van der Waals surface area contributed by atoms with E-state index in [-0.39, 0.29) is 10.6 Å². The van der Waals surface area contributed by atoms with E-state index in [1.54, 1.807) is 0 Å². The van der Waals surface area contributed by atoms with Crippen LogP contribution in [0.1, 0.15) is 48.0 Å². The predicted molar refractivity (Wildman–Crippen MR) is 86.0 cm³/mol. The van der Waals surface area contributed by atoms with Crippen molar-refractivity contribution < 1.29 is 9.18 Å². The summed E-state index contributed by atoms with van der Waals surface area (Å²) in [6.07, 6.45) is 8.44. The largest absolute Gasteiger partial charge is 0.366 e. The molecule has 2 rings (SSSR count). The fourth-order valence-corrected chi connectivity index (χ4v) is 3.88. The van der Waals surface area contributed by atoms with Gasteiger partial charge in [-0.1, -0.05) is 19.3 Å². The van der Waals surface area contributed by atoms with Crippen molar-refractivity contribution in [2.75, 3.05) is 12.8 Å². The predicted octanol–water partition coefficient (Wildman–Crippen LogP) is 3.08. The molecule has 0 bridgehead atoms. The minimum Gasteiger partial charge on any atom is -0.366 e. The SMILES string of the molecule is CSC1(CNCc2cc(C(N)=O)ccc2F)CCCCC1. The van der Waals surface area contributed by atoms with Crippen LogP contribution in [0, 0.1) is 5.82 Å². The maximum absolute atomic E-state index is 13.8. The van der Waals surface area contributed by atoms with E-state index in [1.165, 1.54) is 50.3 Å². The van der Waals surface area contributed by atoms with Crippen molar-refractivity contribution in [2.24, 2.45) is 5.73 Å². The monoisotopic (exact) mass is 310 g/mol. The fraction of sp³-hybridized carbons (Fsp3) is 0.562. The number of carbonyl (C=O) groups excluding carboxylic acids is 1. The van der Waals surface area contributed by atoms with Crippen molar-refractivity contribution in [2.45, 2.75) is 43.4 Å². The zero-order valence-corrected chi connectivity index (χ0v) is 13.3. The molecular weight excluding hydrogens is 287 g/mol. The van der Waals surface area contributed by atoms with Gasteiger partial charge in [0.2, 0.25) is 5.91 Å². The number of carbonyl (C=O) groups is 1. The van der Waals surface area contributed by atoms with E-state index in [0.29, 0.717) is 17.7 Å². The van der Waals surface area contributed by atoms with Gasteiger partial charge < -0.3 is 11.1 Å². The summed E-state index contributed by atoms with van der Waals surface area (Å²) in [7, 11) is 0. The van der Waals surface area contributed by atoms with Crippen molar-refractivity contribution in [3.63, 3.8) is 0 Å². The van der Waals surface area contributed by atoms with Crippen LogP contribution in [0.4, 0.5) is 4.39 Å². The molecule has 0 aliphatic heterocycles. The smallest absolute Gasteiger partial charge is 0.248 e. The highest BCUT2D eigenvalue weighted by atomic mass is 32.2. The number of nitrogens with two attached hydrogens (primary N) is 1. The zero-order valence-electron chi connectivity index (χ0n) is 12.5. The highest BCUT2D eigenvalue weighted by Crippen LogP contribution is 2.38. The summed E-state index contributed by atoms with van der Waals surface area (Å²) in [5.74, 6) is -0.821. The molecule has 5 heteroatoms. The molecule has 3 nitrogen and oxygen atoms in total. The van der Waals surface area contributed by atoms with Gasteiger partial charge in [-0.25, -0.2) is 4.39 Å². The molecule has 0 unspecified atom stereocenters. The number of thioether (sulfide) groups is 1. The molecule has 0 saturated heterocycles. The number of hydrogen-bond acceptors (Lipinski definition) is 3. The van der Waals surface area contributed by atoms with Crippen molar-refractivity contribution in [1.82, 2.24) is 5.32 Å². The molecule has 1 saturated carbocycles. The molecular formula is C16H23FN2OS. The highest BCUT2D eigenvalue weighted by Gasteiger charge is 2.30. The van der Waals surface area contributed by atoms with Crippen LogP contribution in [0.5, 0.6) is 0 Å². The first-order chi connectivity index (χ1) is 10.1. The molecule has 1 aliphatic rings. The Morgan fingerprint density at radius 1 is 1.38 bits per heavy atom. The molecule has 1 amide bonds. The van der Waals surface area contributed by atoms with E-state index in [1.807, 2.05) is 11.8 Å². The number of halogens is 1. The van der Waals surface area contributed by atoms with E-state index >= 15 is 0 Å². The Kier molecular flexibility index (Phi) is 5.65. The lowest BCUT2D eigenvalue weighted by molar-refractivity contribution is 0.1000. The van der Waals surface area contributed by atoms with Gasteiger partial charge in [0, 0.05) is 29.0 Å². The molecule has 1 aromatic carbocycles. The Hall–Kier alpha value is -1.07. The number of nitrogens with one attached hydrogen (secondary N) is 1. The van der Waals surface area contributed by atoms with Gasteiger partial charge in [-0.15, -0.1) is 0 Å². The van der Waals surface area contributed by atoms with Crippen LogP contribution < -0.4 is 11.1 Å². The Balaban J connectivity index is 1.96. The molecule has 21 heavy (non-hydrogen) atoms. The normalized spacial score (nSPS) is 17.6. The van der Waals surface area contributed by atoms with Gasteiger partial charge in [0.15, 0.2) is 0 Å². The minimum atomic E-state index is -0.524. The number of amides is 1. The molecule has 3 N–H and O–H groups in total. The molecule has 116 valence electrons. The van der Waals surface area contributed by atoms with Gasteiger partial charge >= 0.3 is 0 Å². The second kappa shape index (κ2) is 7.27. The summed E-state index contributed by atoms with van der Waals surface area (Å²) < 4.78 is 14.1. The molecule has 0 heterocycles. The molecule has 0 aromatic heterocycles. The lowest BCUT2D eigenvalue weighted by Gasteiger charge is -2.36. The molecule has 0 radical (unpaired) electrons. The number of hydrogen-bond donors (Lipinski definition) is 2. The Morgan fingerprint density at radius 2 is 2.10 bits per heavy atom. The summed E-state index contributed by atoms with van der Waals surface area (Å²) >= 11 is 1.91. The topological polar surface area (TPSA) is 55.1 Å². The third-order valence-corrected chi connectivity index (χ3v) is 5.71. The Bertz CT molecular complexity index is 501. The number of benzene rings is 1. The lowest BCUT2D eigenvalue weighted by atomic mass is 9.88. The summed E-state index contributed by atoms with van der Waals surface area (Å²) in [5, 5.41) is 3.36. The number of rotatable bonds is 6. The maximum atomic E-state index is 13.8. The van der Waals surface area contributed by atoms with Gasteiger partial charge in [-0.05, 0) is 37.3 Å². The van der Waals surface area contributed by atoms with Crippen molar-refractivity contribution in [1.29, 1.82) is 0 Å². The second-order valence-electron chi connectivity index (χ2n) is 5.72. The van der Waals surface area contributed by atoms with E-state index in [9.17, 15) is 9.18 Å². The summed E-state index contributed by atoms with van der Waals surface area (Å²) in [6, 6.07) is 4.27. The lowest BCUT2D eigenvalue weighted by Crippen LogP contribution is -2.39. The molecule has 0 spiro atoms. The maximum Gasteiger partial charge on any atom is 0.248 e. The minimum absolute atomic E-state index is 0.274. The van der Waals surface area contributed by atoms with Crippen LogP contribution in [0.3, 0.4) is 0 Å². The van der Waals surface area contributed by atoms with Gasteiger partial charge in [-0.2, -0.15) is 11.8 Å². The Labute approximate surface area is 129 Å². The van der Waals surface area contributed by atoms with Crippen LogP contribution in [0.25, 0.3) is 0 Å². The average Bonchev–Trinajstić information content (AvgIpc) is 2.50. The third kappa shape index (κ3) is 4.20. The first-order valence-electron chi connectivity index (χ1n) is 7.40. The van der Waals surface area contributed by atoms with Gasteiger partial charge in [-0.3, -0.25) is 4.79 Å². The van der Waals surface area contributed by atoms with Crippen LogP contribution in [-0.4, -0.2) is 23.5 Å². The van der Waals surface area contributed by atoms with Gasteiger partial charge in [0.1, 0.15) is 5.82 Å².